The Balaban J connectivity index is 2.38. The molecule has 0 unspecified atom stereocenters. The number of carbonyl (C=O) groups is 1. The van der Waals surface area contributed by atoms with Crippen LogP contribution >= 0.6 is 0 Å². The van der Waals surface area contributed by atoms with Crippen LogP contribution in [0.3, 0.4) is 0 Å². The summed E-state index contributed by atoms with van der Waals surface area (Å²) in [5.74, 6) is -1.31. The molecule has 2 aromatic rings. The van der Waals surface area contributed by atoms with Gasteiger partial charge in [-0.1, -0.05) is 0 Å². The van der Waals surface area contributed by atoms with Crippen molar-refractivity contribution >= 4 is 5.97 Å². The second kappa shape index (κ2) is 5.09. The van der Waals surface area contributed by atoms with Crippen LogP contribution in [-0.4, -0.2) is 20.9 Å². The summed E-state index contributed by atoms with van der Waals surface area (Å²) in [6.45, 7) is 1.72. The van der Waals surface area contributed by atoms with E-state index in [1.54, 1.807) is 19.1 Å². The van der Waals surface area contributed by atoms with Crippen LogP contribution in [0.1, 0.15) is 17.7 Å². The molecule has 5 nitrogen and oxygen atoms in total. The molecule has 0 amide bonds. The lowest BCUT2D eigenvalue weighted by Gasteiger charge is -2.05. The SMILES string of the molecule is Cc1c(CCC(=O)O)c(=O)[nH]n1-c1ccc(F)cc1. The highest BCUT2D eigenvalue weighted by molar-refractivity contribution is 5.67. The van der Waals surface area contributed by atoms with E-state index >= 15 is 0 Å². The lowest BCUT2D eigenvalue weighted by molar-refractivity contribution is -0.136. The van der Waals surface area contributed by atoms with E-state index in [4.69, 9.17) is 5.11 Å². The Kier molecular flexibility index (Phi) is 3.50. The van der Waals surface area contributed by atoms with Gasteiger partial charge >= 0.3 is 5.97 Å². The quantitative estimate of drug-likeness (QED) is 0.881. The van der Waals surface area contributed by atoms with Crippen LogP contribution in [0.4, 0.5) is 4.39 Å². The van der Waals surface area contributed by atoms with Gasteiger partial charge in [-0.3, -0.25) is 19.4 Å². The van der Waals surface area contributed by atoms with Crippen molar-refractivity contribution < 1.29 is 14.3 Å². The van der Waals surface area contributed by atoms with Crippen molar-refractivity contribution in [3.05, 3.63) is 51.7 Å². The Morgan fingerprint density at radius 1 is 1.37 bits per heavy atom. The molecule has 0 atom stereocenters. The number of carboxylic acid groups (broad SMARTS) is 1. The van der Waals surface area contributed by atoms with E-state index in [0.29, 0.717) is 16.9 Å². The second-order valence-electron chi connectivity index (χ2n) is 4.21. The number of hydrogen-bond donors (Lipinski definition) is 2. The fourth-order valence-corrected chi connectivity index (χ4v) is 1.93. The van der Waals surface area contributed by atoms with E-state index in [2.05, 4.69) is 5.10 Å². The third-order valence-corrected chi connectivity index (χ3v) is 2.93. The van der Waals surface area contributed by atoms with Crippen molar-refractivity contribution in [2.45, 2.75) is 19.8 Å². The first kappa shape index (κ1) is 13.1. The molecule has 1 aromatic carbocycles. The monoisotopic (exact) mass is 264 g/mol. The number of aliphatic carboxylic acids is 1. The van der Waals surface area contributed by atoms with Gasteiger partial charge in [0.15, 0.2) is 0 Å². The molecule has 2 N–H and O–H groups in total. The highest BCUT2D eigenvalue weighted by Gasteiger charge is 2.13. The van der Waals surface area contributed by atoms with Crippen LogP contribution in [0.5, 0.6) is 0 Å². The molecular weight excluding hydrogens is 251 g/mol. The smallest absolute Gasteiger partial charge is 0.303 e. The maximum Gasteiger partial charge on any atom is 0.303 e. The van der Waals surface area contributed by atoms with Crippen LogP contribution < -0.4 is 5.56 Å². The van der Waals surface area contributed by atoms with Gasteiger partial charge in [0, 0.05) is 17.7 Å². The van der Waals surface area contributed by atoms with Crippen molar-refractivity contribution in [3.8, 4) is 5.69 Å². The van der Waals surface area contributed by atoms with E-state index < -0.39 is 5.97 Å². The first-order valence-electron chi connectivity index (χ1n) is 5.77. The van der Waals surface area contributed by atoms with E-state index in [1.807, 2.05) is 0 Å². The zero-order valence-corrected chi connectivity index (χ0v) is 10.3. The summed E-state index contributed by atoms with van der Waals surface area (Å²) in [6.07, 6.45) is 0.0715. The number of aromatic amines is 1. The number of aromatic nitrogens is 2. The molecule has 6 heteroatoms. The molecule has 0 fully saturated rings. The third kappa shape index (κ3) is 2.73. The molecule has 0 aliphatic carbocycles. The number of carboxylic acids is 1. The largest absolute Gasteiger partial charge is 0.481 e. The van der Waals surface area contributed by atoms with E-state index in [-0.39, 0.29) is 24.2 Å². The number of nitrogens with zero attached hydrogens (tertiary/aromatic N) is 1. The van der Waals surface area contributed by atoms with Crippen LogP contribution in [0, 0.1) is 12.7 Å². The topological polar surface area (TPSA) is 75.1 Å². The third-order valence-electron chi connectivity index (χ3n) is 2.93. The summed E-state index contributed by atoms with van der Waals surface area (Å²) >= 11 is 0. The first-order valence-corrected chi connectivity index (χ1v) is 5.77. The van der Waals surface area contributed by atoms with Crippen LogP contribution in [0.15, 0.2) is 29.1 Å². The summed E-state index contributed by atoms with van der Waals surface area (Å²) in [5.41, 5.74) is 1.38. The molecule has 0 aliphatic heterocycles. The number of rotatable bonds is 4. The predicted octanol–water partition coefficient (Wildman–Crippen LogP) is 1.63. The summed E-state index contributed by atoms with van der Waals surface area (Å²) in [4.78, 5) is 22.3. The summed E-state index contributed by atoms with van der Waals surface area (Å²) in [5, 5.41) is 11.3. The van der Waals surface area contributed by atoms with Gasteiger partial charge in [0.1, 0.15) is 5.82 Å². The fourth-order valence-electron chi connectivity index (χ4n) is 1.93. The van der Waals surface area contributed by atoms with Crippen molar-refractivity contribution in [2.24, 2.45) is 0 Å². The van der Waals surface area contributed by atoms with Gasteiger partial charge in [0.2, 0.25) is 0 Å². The zero-order valence-electron chi connectivity index (χ0n) is 10.3. The molecule has 0 saturated carbocycles. The van der Waals surface area contributed by atoms with Gasteiger partial charge in [-0.2, -0.15) is 0 Å². The Morgan fingerprint density at radius 2 is 2.00 bits per heavy atom. The fraction of sp³-hybridized carbons (Fsp3) is 0.231. The maximum atomic E-state index is 12.9. The van der Waals surface area contributed by atoms with Crippen molar-refractivity contribution in [3.63, 3.8) is 0 Å². The Labute approximate surface area is 108 Å². The van der Waals surface area contributed by atoms with Gasteiger partial charge in [-0.25, -0.2) is 4.39 Å². The van der Waals surface area contributed by atoms with Gasteiger partial charge in [-0.05, 0) is 37.6 Å². The van der Waals surface area contributed by atoms with Crippen molar-refractivity contribution in [1.82, 2.24) is 9.78 Å². The molecule has 19 heavy (non-hydrogen) atoms. The molecule has 100 valence electrons. The normalized spacial score (nSPS) is 10.6. The number of nitrogens with one attached hydrogen (secondary N) is 1. The van der Waals surface area contributed by atoms with Gasteiger partial charge in [-0.15, -0.1) is 0 Å². The number of hydrogen-bond acceptors (Lipinski definition) is 2. The highest BCUT2D eigenvalue weighted by atomic mass is 19.1. The number of halogens is 1. The minimum atomic E-state index is -0.951. The maximum absolute atomic E-state index is 12.9. The molecule has 1 heterocycles. The van der Waals surface area contributed by atoms with Crippen LogP contribution in [0.25, 0.3) is 5.69 Å². The molecule has 0 spiro atoms. The van der Waals surface area contributed by atoms with E-state index in [0.717, 1.165) is 0 Å². The lowest BCUT2D eigenvalue weighted by atomic mass is 10.1. The zero-order chi connectivity index (χ0) is 14.0. The second-order valence-corrected chi connectivity index (χ2v) is 4.21. The Hall–Kier alpha value is -2.37. The molecule has 1 aromatic heterocycles. The molecule has 2 rings (SSSR count). The molecule has 0 bridgehead atoms. The Bertz CT molecular complexity index is 656. The number of benzene rings is 1. The minimum Gasteiger partial charge on any atom is -0.481 e. The lowest BCUT2D eigenvalue weighted by Crippen LogP contribution is -2.09. The van der Waals surface area contributed by atoms with Gasteiger partial charge < -0.3 is 5.11 Å². The first-order chi connectivity index (χ1) is 8.99. The summed E-state index contributed by atoms with van der Waals surface area (Å²) in [7, 11) is 0. The van der Waals surface area contributed by atoms with E-state index in [9.17, 15) is 14.0 Å². The highest BCUT2D eigenvalue weighted by Crippen LogP contribution is 2.13. The minimum absolute atomic E-state index is 0.0999. The average molecular weight is 264 g/mol. The number of H-pyrrole nitrogens is 1. The van der Waals surface area contributed by atoms with Crippen molar-refractivity contribution in [2.75, 3.05) is 0 Å². The van der Waals surface area contributed by atoms with Crippen LogP contribution in [0.2, 0.25) is 0 Å². The predicted molar refractivity (Wildman–Crippen MR) is 67.0 cm³/mol. The van der Waals surface area contributed by atoms with Crippen molar-refractivity contribution in [1.29, 1.82) is 0 Å². The standard InChI is InChI=1S/C13H13FN2O3/c1-8-11(6-7-12(17)18)13(19)15-16(8)10-4-2-9(14)3-5-10/h2-5H,6-7H2,1H3,(H,15,19)(H,17,18). The van der Waals surface area contributed by atoms with Crippen LogP contribution in [-0.2, 0) is 11.2 Å². The average Bonchev–Trinajstić information content (AvgIpc) is 2.63. The molecule has 0 radical (unpaired) electrons. The molecule has 0 saturated heterocycles. The molecular formula is C13H13FN2O3. The summed E-state index contributed by atoms with van der Waals surface area (Å²) in [6, 6.07) is 5.67. The van der Waals surface area contributed by atoms with E-state index in [1.165, 1.54) is 16.8 Å². The summed E-state index contributed by atoms with van der Waals surface area (Å²) < 4.78 is 14.4. The molecule has 0 aliphatic rings. The van der Waals surface area contributed by atoms with Gasteiger partial charge in [0.25, 0.3) is 5.56 Å². The van der Waals surface area contributed by atoms with Gasteiger partial charge in [0.05, 0.1) is 5.69 Å². The Morgan fingerprint density at radius 3 is 2.58 bits per heavy atom.